The molecule has 6 aromatic carbocycles. The maximum atomic E-state index is 2.49. The number of thiophene rings is 2. The molecule has 5 heteroatoms. The van der Waals surface area contributed by atoms with Crippen LogP contribution in [0.3, 0.4) is 0 Å². The zero-order chi connectivity index (χ0) is 33.8. The van der Waals surface area contributed by atoms with Crippen LogP contribution in [0, 0.1) is 0 Å². The summed E-state index contributed by atoms with van der Waals surface area (Å²) in [6, 6.07) is 58.5. The molecule has 1 aliphatic heterocycles. The molecule has 11 rings (SSSR count). The van der Waals surface area contributed by atoms with Gasteiger partial charge in [0.25, 0.3) is 0 Å². The quantitative estimate of drug-likeness (QED) is 0.161. The van der Waals surface area contributed by atoms with E-state index < -0.39 is 8.07 Å². The second-order valence-corrected chi connectivity index (χ2v) is 20.6. The smallest absolute Gasteiger partial charge is 0.0711 e. The Kier molecular flexibility index (Phi) is 6.18. The third-order valence-corrected chi connectivity index (χ3v) is 17.0. The van der Waals surface area contributed by atoms with Gasteiger partial charge in [-0.2, -0.15) is 23.5 Å². The Balaban J connectivity index is 1.09. The number of aromatic nitrogens is 2. The van der Waals surface area contributed by atoms with Crippen molar-refractivity contribution in [2.24, 2.45) is 0 Å². The molecule has 0 amide bonds. The summed E-state index contributed by atoms with van der Waals surface area (Å²) in [7, 11) is -1.69. The number of hydrogen-bond donors (Lipinski definition) is 0. The largest absolute Gasteiger partial charge is 0.309 e. The maximum Gasteiger partial charge on any atom is 0.0711 e. The van der Waals surface area contributed by atoms with Crippen LogP contribution in [0.5, 0.6) is 0 Å². The summed E-state index contributed by atoms with van der Waals surface area (Å²) in [5.41, 5.74) is 12.8. The average Bonchev–Trinajstić information content (AvgIpc) is 3.97. The van der Waals surface area contributed by atoms with E-state index in [0.717, 1.165) is 0 Å². The molecule has 0 aliphatic carbocycles. The fourth-order valence-corrected chi connectivity index (χ4v) is 14.0. The van der Waals surface area contributed by atoms with Crippen molar-refractivity contribution in [2.45, 2.75) is 13.1 Å². The lowest BCUT2D eigenvalue weighted by Crippen LogP contribution is -2.49. The molecular weight excluding hydrogens is 673 g/mol. The van der Waals surface area contributed by atoms with Gasteiger partial charge in [-0.15, -0.1) is 22.7 Å². The molecule has 0 atom stereocenters. The Morgan fingerprint density at radius 2 is 0.941 bits per heavy atom. The molecule has 1 aliphatic rings. The molecule has 2 nitrogen and oxygen atoms in total. The molecule has 4 aromatic heterocycles. The van der Waals surface area contributed by atoms with Crippen LogP contribution in [0.2, 0.25) is 13.1 Å². The van der Waals surface area contributed by atoms with Crippen molar-refractivity contribution in [3.8, 4) is 43.4 Å². The van der Waals surface area contributed by atoms with Crippen LogP contribution in [-0.4, -0.2) is 17.2 Å². The van der Waals surface area contributed by atoms with Crippen molar-refractivity contribution in [3.63, 3.8) is 0 Å². The van der Waals surface area contributed by atoms with Gasteiger partial charge < -0.3 is 9.13 Å². The molecule has 10 aromatic rings. The molecule has 5 heterocycles. The van der Waals surface area contributed by atoms with Gasteiger partial charge in [-0.05, 0) is 71.8 Å². The summed E-state index contributed by atoms with van der Waals surface area (Å²) in [4.78, 5) is 2.62. The van der Waals surface area contributed by atoms with Crippen molar-refractivity contribution >= 4 is 83.4 Å². The lowest BCUT2D eigenvalue weighted by atomic mass is 10.0. The van der Waals surface area contributed by atoms with Crippen LogP contribution in [-0.2, 0) is 0 Å². The van der Waals surface area contributed by atoms with Crippen LogP contribution in [0.25, 0.3) is 85.6 Å². The Morgan fingerprint density at radius 3 is 1.65 bits per heavy atom. The third-order valence-electron chi connectivity index (χ3n) is 11.0. The average molecular weight is 705 g/mol. The number of hydrogen-bond acceptors (Lipinski definition) is 2. The van der Waals surface area contributed by atoms with Crippen LogP contribution >= 0.6 is 22.7 Å². The Bertz CT molecular complexity index is 2990. The summed E-state index contributed by atoms with van der Waals surface area (Å²) >= 11 is 3.85. The predicted molar refractivity (Wildman–Crippen MR) is 224 cm³/mol. The van der Waals surface area contributed by atoms with E-state index in [1.807, 2.05) is 22.7 Å². The van der Waals surface area contributed by atoms with Crippen LogP contribution < -0.4 is 10.4 Å². The van der Waals surface area contributed by atoms with E-state index in [0.29, 0.717) is 0 Å². The van der Waals surface area contributed by atoms with Crippen molar-refractivity contribution in [1.29, 1.82) is 0 Å². The second-order valence-electron chi connectivity index (χ2n) is 14.2. The van der Waals surface area contributed by atoms with Crippen molar-refractivity contribution in [1.82, 2.24) is 9.13 Å². The van der Waals surface area contributed by atoms with Crippen LogP contribution in [0.15, 0.2) is 158 Å². The first-order valence-corrected chi connectivity index (χ1v) is 22.1. The highest BCUT2D eigenvalue weighted by Crippen LogP contribution is 2.47. The van der Waals surface area contributed by atoms with Crippen molar-refractivity contribution in [2.75, 3.05) is 0 Å². The van der Waals surface area contributed by atoms with Gasteiger partial charge in [0.1, 0.15) is 0 Å². The fraction of sp³-hybridized carbons (Fsp3) is 0.0435. The lowest BCUT2D eigenvalue weighted by Gasteiger charge is -2.31. The lowest BCUT2D eigenvalue weighted by molar-refractivity contribution is 1.18. The normalized spacial score (nSPS) is 13.5. The van der Waals surface area contributed by atoms with Gasteiger partial charge in [-0.1, -0.05) is 116 Å². The molecule has 0 fully saturated rings. The van der Waals surface area contributed by atoms with E-state index in [-0.39, 0.29) is 0 Å². The van der Waals surface area contributed by atoms with Gasteiger partial charge in [0.05, 0.1) is 31.5 Å². The molecule has 0 saturated heterocycles. The van der Waals surface area contributed by atoms with Gasteiger partial charge in [0.2, 0.25) is 0 Å². The summed E-state index contributed by atoms with van der Waals surface area (Å²) in [6.45, 7) is 4.98. The highest BCUT2D eigenvalue weighted by Gasteiger charge is 2.27. The monoisotopic (exact) mass is 704 g/mol. The van der Waals surface area contributed by atoms with Crippen molar-refractivity contribution < 1.29 is 0 Å². The first-order chi connectivity index (χ1) is 25.0. The summed E-state index contributed by atoms with van der Waals surface area (Å²) in [5, 5.41) is 5.67. The minimum Gasteiger partial charge on any atom is -0.309 e. The van der Waals surface area contributed by atoms with E-state index in [9.17, 15) is 0 Å². The molecule has 243 valence electrons. The third kappa shape index (κ3) is 4.20. The summed E-state index contributed by atoms with van der Waals surface area (Å²) in [5.74, 6) is 0. The minimum absolute atomic E-state index is 1.18. The highest BCUT2D eigenvalue weighted by atomic mass is 32.1. The van der Waals surface area contributed by atoms with Crippen LogP contribution in [0.1, 0.15) is 0 Å². The molecular formula is C46H32N2S2Si-. The number of benzene rings is 6. The number of para-hydroxylation sites is 3. The summed E-state index contributed by atoms with van der Waals surface area (Å²) < 4.78 is 7.58. The van der Waals surface area contributed by atoms with Crippen molar-refractivity contribution in [3.05, 3.63) is 158 Å². The molecule has 0 bridgehead atoms. The van der Waals surface area contributed by atoms with E-state index >= 15 is 0 Å². The Morgan fingerprint density at radius 1 is 0.412 bits per heavy atom. The number of nitrogens with zero attached hydrogens (tertiary/aromatic N) is 2. The maximum absolute atomic E-state index is 2.49. The molecule has 0 N–H and O–H groups in total. The molecule has 0 spiro atoms. The minimum atomic E-state index is -1.69. The Hall–Kier alpha value is -5.46. The zero-order valence-corrected chi connectivity index (χ0v) is 30.9. The fourth-order valence-electron chi connectivity index (χ4n) is 8.54. The first-order valence-electron chi connectivity index (χ1n) is 17.5. The molecule has 0 unspecified atom stereocenters. The Labute approximate surface area is 305 Å². The van der Waals surface area contributed by atoms with E-state index in [2.05, 4.69) is 180 Å². The first kappa shape index (κ1) is 29.3. The number of rotatable bonds is 4. The van der Waals surface area contributed by atoms with Gasteiger partial charge in [0.15, 0.2) is 0 Å². The van der Waals surface area contributed by atoms with Gasteiger partial charge in [0, 0.05) is 31.9 Å². The second kappa shape index (κ2) is 10.8. The van der Waals surface area contributed by atoms with Gasteiger partial charge >= 0.3 is 0 Å². The van der Waals surface area contributed by atoms with E-state index in [4.69, 9.17) is 0 Å². The topological polar surface area (TPSA) is 9.86 Å². The summed E-state index contributed by atoms with van der Waals surface area (Å²) in [6.07, 6.45) is 0. The van der Waals surface area contributed by atoms with E-state index in [1.165, 1.54) is 85.6 Å². The van der Waals surface area contributed by atoms with E-state index in [1.54, 1.807) is 10.4 Å². The highest BCUT2D eigenvalue weighted by molar-refractivity contribution is 7.30. The SMILES string of the molecule is C[Si-]1(C)c2ccccc2-c2cc(-c3cc4c(s3)c3sc(-c5ccc6c(c5)c5ccccc5n6-c5ccccc5)cc3n4-c3ccccc3)ccc21. The molecule has 51 heavy (non-hydrogen) atoms. The number of fused-ring (bicyclic) bond motifs is 9. The van der Waals surface area contributed by atoms with Gasteiger partial charge in [-0.25, -0.2) is 0 Å². The standard InChI is InChI=1S/C46H32N2S2Si/c1-51(2)43-20-12-10-18-34(43)36-26-30(22-24-44(36)51)42-28-40-46(50-42)45-39(48(40)32-15-7-4-8-16-32)27-41(49-45)29-21-23-38-35(25-29)33-17-9-11-19-37(33)47(38)31-13-5-3-6-14-31/h3-28H,1-2H3/q-1. The predicted octanol–water partition coefficient (Wildman–Crippen LogP) is 12.1. The van der Waals surface area contributed by atoms with Crippen LogP contribution in [0.4, 0.5) is 0 Å². The zero-order valence-electron chi connectivity index (χ0n) is 28.2. The molecule has 0 radical (unpaired) electrons. The molecule has 0 saturated carbocycles. The van der Waals surface area contributed by atoms with Gasteiger partial charge in [-0.3, -0.25) is 0 Å².